The minimum Gasteiger partial charge on any atom is -0.481 e. The molecule has 0 spiro atoms. The molecule has 1 amide bonds. The minimum absolute atomic E-state index is 0.316. The van der Waals surface area contributed by atoms with E-state index >= 15 is 0 Å². The van der Waals surface area contributed by atoms with E-state index < -0.39 is 5.97 Å². The van der Waals surface area contributed by atoms with Crippen LogP contribution in [0.5, 0.6) is 0 Å². The van der Waals surface area contributed by atoms with Crippen molar-refractivity contribution in [2.75, 3.05) is 21.1 Å². The molecule has 5 nitrogen and oxygen atoms in total. The van der Waals surface area contributed by atoms with Gasteiger partial charge >= 0.3 is 5.97 Å². The fourth-order valence-corrected chi connectivity index (χ4v) is 2.76. The number of aliphatic carboxylic acids is 1. The molecule has 0 saturated carbocycles. The summed E-state index contributed by atoms with van der Waals surface area (Å²) >= 11 is 0. The molecule has 186 valence electrons. The molecule has 0 aliphatic carbocycles. The Kier molecular flexibility index (Phi) is 31.6. The Labute approximate surface area is 193 Å². The summed E-state index contributed by atoms with van der Waals surface area (Å²) in [4.78, 5) is 22.7. The summed E-state index contributed by atoms with van der Waals surface area (Å²) in [5, 5.41) is 8.49. The van der Waals surface area contributed by atoms with Crippen molar-refractivity contribution in [3.63, 3.8) is 0 Å². The van der Waals surface area contributed by atoms with Crippen LogP contribution < -0.4 is 5.73 Å². The second kappa shape index (κ2) is 28.6. The monoisotopic (exact) mass is 442 g/mol. The SMILES string of the molecule is CCCC=C(C)C(N)=O.CCCCCCCCCCCCCCCC(=O)O.CN(C)C. The number of amides is 1. The lowest BCUT2D eigenvalue weighted by Gasteiger charge is -2.02. The number of carbonyl (C=O) groups is 2. The number of hydrogen-bond acceptors (Lipinski definition) is 3. The topological polar surface area (TPSA) is 83.6 Å². The highest BCUT2D eigenvalue weighted by atomic mass is 16.4. The van der Waals surface area contributed by atoms with E-state index in [2.05, 4.69) is 13.8 Å². The van der Waals surface area contributed by atoms with Crippen LogP contribution >= 0.6 is 0 Å². The quantitative estimate of drug-likeness (QED) is 0.188. The van der Waals surface area contributed by atoms with Gasteiger partial charge in [-0.05, 0) is 40.9 Å². The van der Waals surface area contributed by atoms with Gasteiger partial charge in [0.05, 0.1) is 0 Å². The van der Waals surface area contributed by atoms with Crippen molar-refractivity contribution >= 4 is 11.9 Å². The normalized spacial score (nSPS) is 10.7. The third-order valence-corrected chi connectivity index (χ3v) is 4.62. The van der Waals surface area contributed by atoms with Gasteiger partial charge in [0, 0.05) is 12.0 Å². The van der Waals surface area contributed by atoms with E-state index in [0.717, 1.165) is 25.7 Å². The van der Waals surface area contributed by atoms with Gasteiger partial charge < -0.3 is 15.7 Å². The van der Waals surface area contributed by atoms with Gasteiger partial charge in [-0.1, -0.05) is 103 Å². The van der Waals surface area contributed by atoms with Crippen molar-refractivity contribution in [2.24, 2.45) is 5.73 Å². The molecule has 0 saturated heterocycles. The van der Waals surface area contributed by atoms with E-state index in [9.17, 15) is 9.59 Å². The van der Waals surface area contributed by atoms with Crippen molar-refractivity contribution in [2.45, 2.75) is 124 Å². The van der Waals surface area contributed by atoms with Gasteiger partial charge in [0.2, 0.25) is 5.91 Å². The van der Waals surface area contributed by atoms with Gasteiger partial charge in [-0.3, -0.25) is 9.59 Å². The number of hydrogen-bond donors (Lipinski definition) is 2. The van der Waals surface area contributed by atoms with Crippen LogP contribution in [0.15, 0.2) is 11.6 Å². The average Bonchev–Trinajstić information content (AvgIpc) is 2.69. The third-order valence-electron chi connectivity index (χ3n) is 4.62. The molecule has 0 unspecified atom stereocenters. The molecule has 0 aromatic heterocycles. The zero-order chi connectivity index (χ0) is 24.3. The number of rotatable bonds is 17. The largest absolute Gasteiger partial charge is 0.481 e. The zero-order valence-electron chi connectivity index (χ0n) is 21.7. The van der Waals surface area contributed by atoms with E-state index in [4.69, 9.17) is 10.8 Å². The summed E-state index contributed by atoms with van der Waals surface area (Å²) in [6.07, 6.45) is 21.1. The van der Waals surface area contributed by atoms with Crippen molar-refractivity contribution in [1.29, 1.82) is 0 Å². The molecule has 0 aromatic rings. The van der Waals surface area contributed by atoms with Crippen LogP contribution in [0.25, 0.3) is 0 Å². The maximum Gasteiger partial charge on any atom is 0.303 e. The molecule has 0 heterocycles. The van der Waals surface area contributed by atoms with Crippen LogP contribution in [0.1, 0.15) is 124 Å². The molecule has 0 aromatic carbocycles. The van der Waals surface area contributed by atoms with Crippen LogP contribution in [0.3, 0.4) is 0 Å². The number of nitrogens with two attached hydrogens (primary N) is 1. The van der Waals surface area contributed by atoms with Crippen molar-refractivity contribution < 1.29 is 14.7 Å². The first kappa shape index (κ1) is 34.3. The Bertz CT molecular complexity index is 418. The number of unbranched alkanes of at least 4 members (excludes halogenated alkanes) is 13. The van der Waals surface area contributed by atoms with E-state index in [1.807, 2.05) is 32.1 Å². The fraction of sp³-hybridized carbons (Fsp3) is 0.846. The third kappa shape index (κ3) is 43.4. The van der Waals surface area contributed by atoms with Gasteiger partial charge in [-0.2, -0.15) is 0 Å². The highest BCUT2D eigenvalue weighted by molar-refractivity contribution is 5.91. The molecule has 0 fully saturated rings. The first-order valence-corrected chi connectivity index (χ1v) is 12.5. The van der Waals surface area contributed by atoms with Crippen molar-refractivity contribution in [3.8, 4) is 0 Å². The van der Waals surface area contributed by atoms with Gasteiger partial charge in [-0.15, -0.1) is 0 Å². The minimum atomic E-state index is -0.655. The molecule has 31 heavy (non-hydrogen) atoms. The van der Waals surface area contributed by atoms with Crippen molar-refractivity contribution in [3.05, 3.63) is 11.6 Å². The summed E-state index contributed by atoms with van der Waals surface area (Å²) in [7, 11) is 6.00. The number of carboxylic acids is 1. The Balaban J connectivity index is -0.000000499. The maximum atomic E-state index is 10.4. The number of carboxylic acid groups (broad SMARTS) is 1. The zero-order valence-corrected chi connectivity index (χ0v) is 21.7. The molecule has 5 heteroatoms. The average molecular weight is 443 g/mol. The van der Waals surface area contributed by atoms with Gasteiger partial charge in [-0.25, -0.2) is 0 Å². The smallest absolute Gasteiger partial charge is 0.303 e. The van der Waals surface area contributed by atoms with Gasteiger partial charge in [0.15, 0.2) is 0 Å². The predicted octanol–water partition coefficient (Wildman–Crippen LogP) is 6.95. The molecule has 3 N–H and O–H groups in total. The standard InChI is InChI=1S/C16H32O2.C7H13NO.C3H9N/c1-2-3-4-5-6-7-8-9-10-11-12-13-14-15-16(17)18;1-3-4-5-6(2)7(8)9;1-4(2)3/h2-15H2,1H3,(H,17,18);5H,3-4H2,1-2H3,(H2,8,9);1-3H3. The second-order valence-corrected chi connectivity index (χ2v) is 8.77. The van der Waals surface area contributed by atoms with E-state index in [-0.39, 0.29) is 5.91 Å². The lowest BCUT2D eigenvalue weighted by atomic mass is 10.0. The summed E-state index contributed by atoms with van der Waals surface area (Å²) in [5.41, 5.74) is 5.63. The molecule has 0 rings (SSSR count). The van der Waals surface area contributed by atoms with E-state index in [1.54, 1.807) is 6.92 Å². The lowest BCUT2D eigenvalue weighted by Crippen LogP contribution is -2.11. The second-order valence-electron chi connectivity index (χ2n) is 8.77. The first-order chi connectivity index (χ1) is 14.7. The Morgan fingerprint density at radius 1 is 0.742 bits per heavy atom. The summed E-state index contributed by atoms with van der Waals surface area (Å²) in [6, 6.07) is 0. The highest BCUT2D eigenvalue weighted by Crippen LogP contribution is 2.12. The first-order valence-electron chi connectivity index (χ1n) is 12.5. The van der Waals surface area contributed by atoms with Gasteiger partial charge in [0.1, 0.15) is 0 Å². The van der Waals surface area contributed by atoms with Crippen molar-refractivity contribution in [1.82, 2.24) is 4.90 Å². The Hall–Kier alpha value is -1.36. The molecule has 0 radical (unpaired) electrons. The van der Waals surface area contributed by atoms with E-state index in [1.165, 1.54) is 70.6 Å². The Morgan fingerprint density at radius 2 is 1.10 bits per heavy atom. The fourth-order valence-electron chi connectivity index (χ4n) is 2.76. The van der Waals surface area contributed by atoms with E-state index in [0.29, 0.717) is 12.0 Å². The van der Waals surface area contributed by atoms with Crippen LogP contribution in [0.4, 0.5) is 0 Å². The molecule has 0 aliphatic rings. The van der Waals surface area contributed by atoms with Crippen LogP contribution in [0, 0.1) is 0 Å². The number of nitrogens with zero attached hydrogens (tertiary/aromatic N) is 1. The summed E-state index contributed by atoms with van der Waals surface area (Å²) < 4.78 is 0. The van der Waals surface area contributed by atoms with Crippen LogP contribution in [-0.2, 0) is 9.59 Å². The van der Waals surface area contributed by atoms with Crippen LogP contribution in [0.2, 0.25) is 0 Å². The number of carbonyl (C=O) groups excluding carboxylic acids is 1. The highest BCUT2D eigenvalue weighted by Gasteiger charge is 1.97. The van der Waals surface area contributed by atoms with Gasteiger partial charge in [0.25, 0.3) is 0 Å². The molecule has 0 bridgehead atoms. The predicted molar refractivity (Wildman–Crippen MR) is 135 cm³/mol. The molecule has 0 aliphatic heterocycles. The maximum absolute atomic E-state index is 10.4. The van der Waals surface area contributed by atoms with Crippen LogP contribution in [-0.4, -0.2) is 43.0 Å². The molecular formula is C26H54N2O3. The Morgan fingerprint density at radius 3 is 1.39 bits per heavy atom. The summed E-state index contributed by atoms with van der Waals surface area (Å²) in [6.45, 7) is 6.05. The lowest BCUT2D eigenvalue weighted by molar-refractivity contribution is -0.137. The number of allylic oxidation sites excluding steroid dienone is 1. The molecular weight excluding hydrogens is 388 g/mol. The summed E-state index contributed by atoms with van der Waals surface area (Å²) in [5.74, 6) is -0.971. The number of primary amides is 1. The molecule has 0 atom stereocenters.